The van der Waals surface area contributed by atoms with Gasteiger partial charge in [0.1, 0.15) is 10.8 Å². The van der Waals surface area contributed by atoms with Crippen LogP contribution < -0.4 is 10.6 Å². The summed E-state index contributed by atoms with van der Waals surface area (Å²) in [6, 6.07) is 3.83. The molecule has 0 unspecified atom stereocenters. The number of amides is 2. The quantitative estimate of drug-likeness (QED) is 0.646. The summed E-state index contributed by atoms with van der Waals surface area (Å²) in [6.45, 7) is 4.19. The van der Waals surface area contributed by atoms with E-state index in [9.17, 15) is 23.6 Å². The number of rotatable bonds is 7. The molecule has 0 atom stereocenters. The summed E-state index contributed by atoms with van der Waals surface area (Å²) in [4.78, 5) is 48.8. The van der Waals surface area contributed by atoms with Gasteiger partial charge in [-0.15, -0.1) is 11.3 Å². The minimum absolute atomic E-state index is 0.0352. The van der Waals surface area contributed by atoms with Crippen molar-refractivity contribution >= 4 is 40.1 Å². The minimum atomic E-state index is -0.872. The summed E-state index contributed by atoms with van der Waals surface area (Å²) < 4.78 is 23.5. The lowest BCUT2D eigenvalue weighted by Crippen LogP contribution is -2.22. The molecule has 0 spiro atoms. The third kappa shape index (κ3) is 5.20. The molecule has 0 fully saturated rings. The largest absolute Gasteiger partial charge is 0.462 e. The molecule has 1 aromatic heterocycles. The van der Waals surface area contributed by atoms with Gasteiger partial charge in [0.25, 0.3) is 11.8 Å². The Hall–Kier alpha value is -3.27. The topological polar surface area (TPSA) is 111 Å². The number of nitrogens with one attached hydrogen (secondary N) is 2. The molecule has 2 N–H and O–H groups in total. The average Bonchev–Trinajstić information content (AvgIpc) is 3.03. The van der Waals surface area contributed by atoms with Crippen LogP contribution in [0.5, 0.6) is 0 Å². The van der Waals surface area contributed by atoms with Crippen LogP contribution in [-0.2, 0) is 14.3 Å². The fraction of sp³-hybridized carbons (Fsp3) is 0.300. The molecule has 30 heavy (non-hydrogen) atoms. The first kappa shape index (κ1) is 23.0. The van der Waals surface area contributed by atoms with Gasteiger partial charge in [0, 0.05) is 7.05 Å². The Morgan fingerprint density at radius 2 is 1.80 bits per heavy atom. The van der Waals surface area contributed by atoms with Crippen molar-refractivity contribution in [3.8, 4) is 0 Å². The molecular weight excluding hydrogens is 415 g/mol. The molecule has 2 aromatic rings. The lowest BCUT2D eigenvalue weighted by molar-refractivity contribution is -0.119. The number of ether oxygens (including phenoxy) is 2. The van der Waals surface area contributed by atoms with E-state index in [1.807, 2.05) is 0 Å². The summed E-state index contributed by atoms with van der Waals surface area (Å²) in [7, 11) is 1.44. The van der Waals surface area contributed by atoms with Crippen molar-refractivity contribution in [3.63, 3.8) is 0 Å². The predicted molar refractivity (Wildman–Crippen MR) is 108 cm³/mol. The number of aryl methyl sites for hydroxylation is 1. The highest BCUT2D eigenvalue weighted by atomic mass is 32.1. The van der Waals surface area contributed by atoms with Gasteiger partial charge in [0.05, 0.1) is 22.6 Å². The Balaban J connectivity index is 2.15. The number of hydrogen-bond donors (Lipinski definition) is 2. The first-order valence-corrected chi connectivity index (χ1v) is 9.76. The highest BCUT2D eigenvalue weighted by Gasteiger charge is 2.26. The first-order valence-electron chi connectivity index (χ1n) is 8.95. The monoisotopic (exact) mass is 436 g/mol. The van der Waals surface area contributed by atoms with Gasteiger partial charge < -0.3 is 20.1 Å². The molecule has 2 amide bonds. The lowest BCUT2D eigenvalue weighted by atomic mass is 10.1. The van der Waals surface area contributed by atoms with Gasteiger partial charge in [-0.25, -0.2) is 14.0 Å². The molecule has 0 saturated heterocycles. The molecular formula is C20H21FN2O6S. The maximum Gasteiger partial charge on any atom is 0.341 e. The summed E-state index contributed by atoms with van der Waals surface area (Å²) in [5, 5.41) is 5.03. The normalized spacial score (nSPS) is 10.3. The molecule has 0 saturated carbocycles. The van der Waals surface area contributed by atoms with E-state index in [1.54, 1.807) is 20.8 Å². The highest BCUT2D eigenvalue weighted by Crippen LogP contribution is 2.33. The Labute approximate surface area is 176 Å². The van der Waals surface area contributed by atoms with E-state index < -0.39 is 36.2 Å². The number of thiophene rings is 1. The van der Waals surface area contributed by atoms with Crippen molar-refractivity contribution in [2.24, 2.45) is 0 Å². The minimum Gasteiger partial charge on any atom is -0.462 e. The van der Waals surface area contributed by atoms with Gasteiger partial charge in [-0.2, -0.15) is 0 Å². The molecule has 8 nitrogen and oxygen atoms in total. The van der Waals surface area contributed by atoms with Crippen LogP contribution in [0.15, 0.2) is 18.2 Å². The number of anilines is 1. The van der Waals surface area contributed by atoms with Crippen molar-refractivity contribution in [2.75, 3.05) is 25.6 Å². The van der Waals surface area contributed by atoms with Gasteiger partial charge in [0.2, 0.25) is 0 Å². The maximum absolute atomic E-state index is 13.6. The van der Waals surface area contributed by atoms with E-state index in [0.717, 1.165) is 17.4 Å². The van der Waals surface area contributed by atoms with E-state index in [-0.39, 0.29) is 27.6 Å². The molecule has 0 bridgehead atoms. The van der Waals surface area contributed by atoms with Crippen LogP contribution in [0.2, 0.25) is 0 Å². The number of benzene rings is 1. The molecule has 0 radical (unpaired) electrons. The van der Waals surface area contributed by atoms with E-state index in [4.69, 9.17) is 9.47 Å². The summed E-state index contributed by atoms with van der Waals surface area (Å²) >= 11 is 0.901. The van der Waals surface area contributed by atoms with Crippen LogP contribution in [-0.4, -0.2) is 44.0 Å². The second-order valence-corrected chi connectivity index (χ2v) is 7.17. The number of halogens is 1. The molecule has 0 aliphatic carbocycles. The molecule has 1 heterocycles. The maximum atomic E-state index is 13.6. The summed E-state index contributed by atoms with van der Waals surface area (Å²) in [6.07, 6.45) is 0. The van der Waals surface area contributed by atoms with E-state index in [1.165, 1.54) is 19.2 Å². The van der Waals surface area contributed by atoms with Crippen LogP contribution in [0.3, 0.4) is 0 Å². The Bertz CT molecular complexity index is 1000. The van der Waals surface area contributed by atoms with E-state index in [0.29, 0.717) is 11.1 Å². The second-order valence-electron chi connectivity index (χ2n) is 6.15. The smallest absolute Gasteiger partial charge is 0.341 e. The number of carbonyl (C=O) groups excluding carboxylic acids is 4. The fourth-order valence-electron chi connectivity index (χ4n) is 2.48. The lowest BCUT2D eigenvalue weighted by Gasteiger charge is -2.08. The summed E-state index contributed by atoms with van der Waals surface area (Å²) in [5.74, 6) is -3.28. The molecule has 10 heteroatoms. The number of esters is 2. The Morgan fingerprint density at radius 3 is 2.40 bits per heavy atom. The molecule has 160 valence electrons. The van der Waals surface area contributed by atoms with E-state index >= 15 is 0 Å². The van der Waals surface area contributed by atoms with Gasteiger partial charge in [-0.1, -0.05) is 6.07 Å². The van der Waals surface area contributed by atoms with Gasteiger partial charge in [-0.3, -0.25) is 9.59 Å². The second kappa shape index (κ2) is 9.97. The predicted octanol–water partition coefficient (Wildman–Crippen LogP) is 2.84. The van der Waals surface area contributed by atoms with Crippen LogP contribution in [0, 0.1) is 19.7 Å². The van der Waals surface area contributed by atoms with Crippen LogP contribution in [0.25, 0.3) is 0 Å². The Morgan fingerprint density at radius 1 is 1.10 bits per heavy atom. The molecule has 2 rings (SSSR count). The Kier molecular flexibility index (Phi) is 7.65. The number of hydrogen-bond acceptors (Lipinski definition) is 7. The zero-order chi connectivity index (χ0) is 22.4. The SMILES string of the molecule is CCOC(=O)c1c(NC(=O)COC(=O)c2ccc(C)c(F)c2)sc(C(=O)NC)c1C. The van der Waals surface area contributed by atoms with Gasteiger partial charge in [0.15, 0.2) is 6.61 Å². The molecule has 0 aliphatic heterocycles. The average molecular weight is 436 g/mol. The van der Waals surface area contributed by atoms with Crippen molar-refractivity contribution < 1.29 is 33.0 Å². The summed E-state index contributed by atoms with van der Waals surface area (Å²) in [5.41, 5.74) is 0.753. The van der Waals surface area contributed by atoms with Gasteiger partial charge >= 0.3 is 11.9 Å². The zero-order valence-corrected chi connectivity index (χ0v) is 17.7. The first-order chi connectivity index (χ1) is 14.2. The zero-order valence-electron chi connectivity index (χ0n) is 16.9. The third-order valence-electron chi connectivity index (χ3n) is 4.05. The standard InChI is InChI=1S/C20H21FN2O6S/c1-5-28-20(27)15-11(3)16(17(25)22-4)30-18(15)23-14(24)9-29-19(26)12-7-6-10(2)13(21)8-12/h6-8H,5,9H2,1-4H3,(H,22,25)(H,23,24). The molecule has 0 aliphatic rings. The van der Waals surface area contributed by atoms with Crippen molar-refractivity contribution in [1.29, 1.82) is 0 Å². The van der Waals surface area contributed by atoms with Crippen LogP contribution >= 0.6 is 11.3 Å². The third-order valence-corrected chi connectivity index (χ3v) is 5.26. The van der Waals surface area contributed by atoms with Gasteiger partial charge in [-0.05, 0) is 44.0 Å². The highest BCUT2D eigenvalue weighted by molar-refractivity contribution is 7.18. The van der Waals surface area contributed by atoms with Crippen LogP contribution in [0.4, 0.5) is 9.39 Å². The van der Waals surface area contributed by atoms with Crippen molar-refractivity contribution in [3.05, 3.63) is 51.1 Å². The van der Waals surface area contributed by atoms with Crippen LogP contribution in [0.1, 0.15) is 48.4 Å². The van der Waals surface area contributed by atoms with Crippen molar-refractivity contribution in [1.82, 2.24) is 5.32 Å². The van der Waals surface area contributed by atoms with Crippen molar-refractivity contribution in [2.45, 2.75) is 20.8 Å². The molecule has 1 aromatic carbocycles. The fourth-order valence-corrected chi connectivity index (χ4v) is 3.64. The number of carbonyl (C=O) groups is 4. The van der Waals surface area contributed by atoms with E-state index in [2.05, 4.69) is 10.6 Å².